The molecule has 2 aromatic carbocycles. The van der Waals surface area contributed by atoms with Crippen LogP contribution in [0.2, 0.25) is 0 Å². The first kappa shape index (κ1) is 20.8. The van der Waals surface area contributed by atoms with Crippen molar-refractivity contribution in [2.24, 2.45) is 0 Å². The number of carbonyl (C=O) groups excluding carboxylic acids is 1. The van der Waals surface area contributed by atoms with Gasteiger partial charge in [0.05, 0.1) is 11.4 Å². The topological polar surface area (TPSA) is 63.9 Å². The lowest BCUT2D eigenvalue weighted by molar-refractivity contribution is -0.116. The average molecular weight is 430 g/mol. The maximum absolute atomic E-state index is 13.0. The summed E-state index contributed by atoms with van der Waals surface area (Å²) in [5.74, 6) is 0.994. The molecule has 0 saturated carbocycles. The molecule has 0 spiro atoms. The van der Waals surface area contributed by atoms with Crippen molar-refractivity contribution in [2.45, 2.75) is 19.0 Å². The van der Waals surface area contributed by atoms with Crippen molar-refractivity contribution >= 4 is 23.4 Å². The molecule has 0 aliphatic heterocycles. The van der Waals surface area contributed by atoms with Gasteiger partial charge in [-0.05, 0) is 49.7 Å². The fraction of sp³-hybridized carbons (Fsp3) is 0.167. The van der Waals surface area contributed by atoms with Crippen LogP contribution in [0.5, 0.6) is 0 Å². The number of rotatable bonds is 7. The summed E-state index contributed by atoms with van der Waals surface area (Å²) < 4.78 is 2.00. The number of anilines is 1. The molecule has 7 heteroatoms. The quantitative estimate of drug-likeness (QED) is 0.396. The normalized spacial score (nSPS) is 10.8. The second kappa shape index (κ2) is 9.57. The first-order chi connectivity index (χ1) is 15.2. The molecule has 31 heavy (non-hydrogen) atoms. The number of aryl methyl sites for hydroxylation is 1. The molecule has 0 aliphatic carbocycles. The molecule has 0 saturated heterocycles. The Labute approximate surface area is 186 Å². The van der Waals surface area contributed by atoms with Crippen LogP contribution >= 0.6 is 11.8 Å². The number of hydrogen-bond acceptors (Lipinski definition) is 5. The molecule has 2 aromatic heterocycles. The number of benzene rings is 2. The summed E-state index contributed by atoms with van der Waals surface area (Å²) >= 11 is 1.39. The van der Waals surface area contributed by atoms with Crippen LogP contribution < -0.4 is 4.90 Å². The lowest BCUT2D eigenvalue weighted by atomic mass is 10.2. The van der Waals surface area contributed by atoms with Gasteiger partial charge in [-0.3, -0.25) is 14.3 Å². The highest BCUT2D eigenvalue weighted by Crippen LogP contribution is 2.29. The predicted octanol–water partition coefficient (Wildman–Crippen LogP) is 4.78. The van der Waals surface area contributed by atoms with E-state index in [2.05, 4.69) is 28.2 Å². The highest BCUT2D eigenvalue weighted by atomic mass is 32.2. The molecule has 0 N–H and O–H groups in total. The zero-order valence-corrected chi connectivity index (χ0v) is 18.3. The summed E-state index contributed by atoms with van der Waals surface area (Å²) in [4.78, 5) is 19.0. The third kappa shape index (κ3) is 4.51. The van der Waals surface area contributed by atoms with Gasteiger partial charge in [0.25, 0.3) is 0 Å². The van der Waals surface area contributed by atoms with E-state index in [9.17, 15) is 4.79 Å². The monoisotopic (exact) mass is 429 g/mol. The maximum Gasteiger partial charge on any atom is 0.237 e. The van der Waals surface area contributed by atoms with Crippen molar-refractivity contribution in [3.8, 4) is 17.1 Å². The molecule has 0 atom stereocenters. The number of amides is 1. The Balaban J connectivity index is 1.65. The molecule has 0 fully saturated rings. The molecular weight excluding hydrogens is 406 g/mol. The Hall–Kier alpha value is -3.45. The summed E-state index contributed by atoms with van der Waals surface area (Å²) in [5.41, 5.74) is 3.85. The van der Waals surface area contributed by atoms with Crippen molar-refractivity contribution in [1.82, 2.24) is 19.7 Å². The smallest absolute Gasteiger partial charge is 0.237 e. The van der Waals surface area contributed by atoms with Crippen LogP contribution in [-0.4, -0.2) is 38.0 Å². The predicted molar refractivity (Wildman–Crippen MR) is 125 cm³/mol. The first-order valence-electron chi connectivity index (χ1n) is 10.1. The third-order valence-corrected chi connectivity index (χ3v) is 5.83. The van der Waals surface area contributed by atoms with Gasteiger partial charge in [0.15, 0.2) is 11.0 Å². The van der Waals surface area contributed by atoms with E-state index < -0.39 is 0 Å². The van der Waals surface area contributed by atoms with Crippen molar-refractivity contribution in [1.29, 1.82) is 0 Å². The van der Waals surface area contributed by atoms with E-state index in [1.165, 1.54) is 11.8 Å². The fourth-order valence-electron chi connectivity index (χ4n) is 3.39. The van der Waals surface area contributed by atoms with Crippen LogP contribution in [0.15, 0.2) is 84.3 Å². The van der Waals surface area contributed by atoms with Gasteiger partial charge < -0.3 is 4.90 Å². The Morgan fingerprint density at radius 1 is 1.00 bits per heavy atom. The number of aromatic nitrogens is 4. The second-order valence-electron chi connectivity index (χ2n) is 6.93. The molecule has 4 aromatic rings. The molecule has 0 radical (unpaired) electrons. The van der Waals surface area contributed by atoms with Gasteiger partial charge in [0.2, 0.25) is 5.91 Å². The number of hydrogen-bond donors (Lipinski definition) is 0. The second-order valence-corrected chi connectivity index (χ2v) is 7.87. The minimum absolute atomic E-state index is 0.0287. The molecule has 156 valence electrons. The molecule has 2 heterocycles. The SMILES string of the molecule is CCN(C(=O)CSc1nnc(-c2cccnc2)n1-c1ccccc1C)c1ccccc1. The molecule has 4 rings (SSSR count). The first-order valence-corrected chi connectivity index (χ1v) is 11.1. The molecule has 1 amide bonds. The Morgan fingerprint density at radius 3 is 2.48 bits per heavy atom. The number of para-hydroxylation sites is 2. The van der Waals surface area contributed by atoms with Crippen LogP contribution in [0.25, 0.3) is 17.1 Å². The van der Waals surface area contributed by atoms with Gasteiger partial charge in [-0.2, -0.15) is 0 Å². The van der Waals surface area contributed by atoms with E-state index in [4.69, 9.17) is 0 Å². The summed E-state index contributed by atoms with van der Waals surface area (Å²) in [6, 6.07) is 21.6. The zero-order valence-electron chi connectivity index (χ0n) is 17.5. The van der Waals surface area contributed by atoms with E-state index in [1.54, 1.807) is 17.3 Å². The summed E-state index contributed by atoms with van der Waals surface area (Å²) in [7, 11) is 0. The van der Waals surface area contributed by atoms with Gasteiger partial charge in [-0.1, -0.05) is 48.2 Å². The van der Waals surface area contributed by atoms with Crippen molar-refractivity contribution < 1.29 is 4.79 Å². The van der Waals surface area contributed by atoms with Gasteiger partial charge in [-0.25, -0.2) is 0 Å². The van der Waals surface area contributed by atoms with E-state index in [0.717, 1.165) is 22.5 Å². The Kier molecular flexibility index (Phi) is 6.43. The van der Waals surface area contributed by atoms with E-state index in [-0.39, 0.29) is 11.7 Å². The molecular formula is C24H23N5OS. The zero-order chi connectivity index (χ0) is 21.6. The summed E-state index contributed by atoms with van der Waals surface area (Å²) in [6.07, 6.45) is 3.50. The Bertz CT molecular complexity index is 1160. The molecule has 6 nitrogen and oxygen atoms in total. The Morgan fingerprint density at radius 2 is 1.77 bits per heavy atom. The summed E-state index contributed by atoms with van der Waals surface area (Å²) in [5, 5.41) is 9.52. The average Bonchev–Trinajstić information content (AvgIpc) is 3.23. The van der Waals surface area contributed by atoms with E-state index in [1.807, 2.05) is 72.2 Å². The molecule has 0 aliphatic rings. The van der Waals surface area contributed by atoms with Gasteiger partial charge in [0.1, 0.15) is 0 Å². The number of nitrogens with zero attached hydrogens (tertiary/aromatic N) is 5. The number of carbonyl (C=O) groups is 1. The van der Waals surface area contributed by atoms with Crippen molar-refractivity contribution in [3.05, 3.63) is 84.7 Å². The minimum atomic E-state index is 0.0287. The van der Waals surface area contributed by atoms with Crippen LogP contribution in [-0.2, 0) is 4.79 Å². The van der Waals surface area contributed by atoms with Crippen LogP contribution in [0.1, 0.15) is 12.5 Å². The fourth-order valence-corrected chi connectivity index (χ4v) is 4.21. The van der Waals surface area contributed by atoms with E-state index >= 15 is 0 Å². The molecule has 0 bridgehead atoms. The van der Waals surface area contributed by atoms with Crippen molar-refractivity contribution in [3.63, 3.8) is 0 Å². The minimum Gasteiger partial charge on any atom is -0.312 e. The van der Waals surface area contributed by atoms with Crippen molar-refractivity contribution in [2.75, 3.05) is 17.2 Å². The van der Waals surface area contributed by atoms with Gasteiger partial charge in [-0.15, -0.1) is 10.2 Å². The number of pyridine rings is 1. The highest BCUT2D eigenvalue weighted by molar-refractivity contribution is 7.99. The summed E-state index contributed by atoms with van der Waals surface area (Å²) in [6.45, 7) is 4.64. The standard InChI is InChI=1S/C24H23N5OS/c1-3-28(20-12-5-4-6-13-20)22(30)17-31-24-27-26-23(19-11-9-15-25-16-19)29(24)21-14-8-7-10-18(21)2/h4-16H,3,17H2,1-2H3. The van der Waals surface area contributed by atoms with Gasteiger partial charge >= 0.3 is 0 Å². The largest absolute Gasteiger partial charge is 0.312 e. The lowest BCUT2D eigenvalue weighted by Crippen LogP contribution is -2.32. The highest BCUT2D eigenvalue weighted by Gasteiger charge is 2.20. The van der Waals surface area contributed by atoms with Crippen LogP contribution in [0.4, 0.5) is 5.69 Å². The number of thioether (sulfide) groups is 1. The van der Waals surface area contributed by atoms with Gasteiger partial charge in [0, 0.05) is 30.2 Å². The lowest BCUT2D eigenvalue weighted by Gasteiger charge is -2.20. The molecule has 0 unspecified atom stereocenters. The third-order valence-electron chi connectivity index (χ3n) is 4.92. The van der Waals surface area contributed by atoms with Crippen LogP contribution in [0, 0.1) is 6.92 Å². The maximum atomic E-state index is 13.0. The van der Waals surface area contributed by atoms with Crippen LogP contribution in [0.3, 0.4) is 0 Å². The van der Waals surface area contributed by atoms with E-state index in [0.29, 0.717) is 17.5 Å².